The van der Waals surface area contributed by atoms with Gasteiger partial charge in [0.2, 0.25) is 0 Å². The summed E-state index contributed by atoms with van der Waals surface area (Å²) in [5.74, 6) is 0.402. The Morgan fingerprint density at radius 1 is 1.24 bits per heavy atom. The van der Waals surface area contributed by atoms with Crippen molar-refractivity contribution in [1.82, 2.24) is 4.90 Å². The van der Waals surface area contributed by atoms with Crippen molar-refractivity contribution in [2.75, 3.05) is 32.8 Å². The summed E-state index contributed by atoms with van der Waals surface area (Å²) >= 11 is 0. The molecule has 0 spiro atoms. The molecule has 1 aromatic rings. The van der Waals surface area contributed by atoms with Crippen LogP contribution in [0.15, 0.2) is 30.3 Å². The molecule has 0 aliphatic carbocycles. The van der Waals surface area contributed by atoms with Crippen LogP contribution in [0.3, 0.4) is 0 Å². The molecule has 2 N–H and O–H groups in total. The highest BCUT2D eigenvalue weighted by Crippen LogP contribution is 2.18. The number of rotatable bonds is 4. The Labute approximate surface area is 104 Å². The van der Waals surface area contributed by atoms with Gasteiger partial charge in [0.1, 0.15) is 0 Å². The first-order valence-electron chi connectivity index (χ1n) is 6.38. The minimum atomic E-state index is 0.190. The molecule has 0 amide bonds. The zero-order valence-corrected chi connectivity index (χ0v) is 10.5. The van der Waals surface area contributed by atoms with Gasteiger partial charge in [-0.05, 0) is 11.5 Å². The molecule has 2 atom stereocenters. The Kier molecular flexibility index (Phi) is 4.54. The van der Waals surface area contributed by atoms with Crippen LogP contribution in [0.25, 0.3) is 0 Å². The van der Waals surface area contributed by atoms with E-state index < -0.39 is 0 Å². The van der Waals surface area contributed by atoms with Crippen molar-refractivity contribution in [3.8, 4) is 0 Å². The molecule has 0 bridgehead atoms. The molecule has 1 saturated heterocycles. The quantitative estimate of drug-likeness (QED) is 0.857. The Hall–Kier alpha value is -0.900. The van der Waals surface area contributed by atoms with E-state index in [4.69, 9.17) is 10.5 Å². The standard InChI is InChI=1S/C14H22N2O/c1-12(13-5-3-2-4-6-13)14(15)11-16-7-9-17-10-8-16/h2-6,12,14H,7-11,15H2,1H3/t12-,14-/m0/s1. The Bertz CT molecular complexity index is 322. The molecule has 0 radical (unpaired) electrons. The first-order valence-corrected chi connectivity index (χ1v) is 6.38. The molecule has 1 aliphatic rings. The number of nitrogens with two attached hydrogens (primary N) is 1. The number of hydrogen-bond acceptors (Lipinski definition) is 3. The van der Waals surface area contributed by atoms with Crippen molar-refractivity contribution in [3.63, 3.8) is 0 Å². The third-order valence-electron chi connectivity index (χ3n) is 3.54. The van der Waals surface area contributed by atoms with Gasteiger partial charge < -0.3 is 10.5 Å². The van der Waals surface area contributed by atoms with Crippen LogP contribution < -0.4 is 5.73 Å². The summed E-state index contributed by atoms with van der Waals surface area (Å²) in [6.07, 6.45) is 0. The fourth-order valence-electron chi connectivity index (χ4n) is 2.24. The Balaban J connectivity index is 1.88. The van der Waals surface area contributed by atoms with Crippen molar-refractivity contribution >= 4 is 0 Å². The zero-order chi connectivity index (χ0) is 12.1. The average molecular weight is 234 g/mol. The van der Waals surface area contributed by atoms with E-state index in [1.54, 1.807) is 0 Å². The van der Waals surface area contributed by atoms with Crippen LogP contribution in [0, 0.1) is 0 Å². The first-order chi connectivity index (χ1) is 8.27. The summed E-state index contributed by atoms with van der Waals surface area (Å²) in [4.78, 5) is 2.40. The predicted octanol–water partition coefficient (Wildman–Crippen LogP) is 1.45. The molecule has 1 fully saturated rings. The lowest BCUT2D eigenvalue weighted by Gasteiger charge is -2.31. The van der Waals surface area contributed by atoms with Crippen LogP contribution in [0.4, 0.5) is 0 Å². The molecule has 1 heterocycles. The maximum Gasteiger partial charge on any atom is 0.0594 e. The Morgan fingerprint density at radius 3 is 2.53 bits per heavy atom. The van der Waals surface area contributed by atoms with Crippen molar-refractivity contribution in [2.24, 2.45) is 5.73 Å². The number of morpholine rings is 1. The Morgan fingerprint density at radius 2 is 1.88 bits per heavy atom. The van der Waals surface area contributed by atoms with E-state index in [9.17, 15) is 0 Å². The molecular weight excluding hydrogens is 212 g/mol. The molecular formula is C14H22N2O. The van der Waals surface area contributed by atoms with Gasteiger partial charge in [-0.25, -0.2) is 0 Å². The lowest BCUT2D eigenvalue weighted by atomic mass is 9.93. The second-order valence-corrected chi connectivity index (χ2v) is 4.78. The van der Waals surface area contributed by atoms with Gasteiger partial charge in [0.25, 0.3) is 0 Å². The van der Waals surface area contributed by atoms with Gasteiger partial charge in [-0.2, -0.15) is 0 Å². The second-order valence-electron chi connectivity index (χ2n) is 4.78. The molecule has 17 heavy (non-hydrogen) atoms. The third-order valence-corrected chi connectivity index (χ3v) is 3.54. The molecule has 94 valence electrons. The molecule has 3 nitrogen and oxygen atoms in total. The molecule has 2 rings (SSSR count). The van der Waals surface area contributed by atoms with Gasteiger partial charge in [-0.15, -0.1) is 0 Å². The lowest BCUT2D eigenvalue weighted by Crippen LogP contribution is -2.45. The van der Waals surface area contributed by atoms with Crippen LogP contribution in [0.5, 0.6) is 0 Å². The van der Waals surface area contributed by atoms with Gasteiger partial charge in [0, 0.05) is 25.7 Å². The van der Waals surface area contributed by atoms with E-state index in [2.05, 4.69) is 36.1 Å². The van der Waals surface area contributed by atoms with E-state index >= 15 is 0 Å². The van der Waals surface area contributed by atoms with Crippen LogP contribution >= 0.6 is 0 Å². The zero-order valence-electron chi connectivity index (χ0n) is 10.5. The fraction of sp³-hybridized carbons (Fsp3) is 0.571. The summed E-state index contributed by atoms with van der Waals surface area (Å²) in [6, 6.07) is 10.7. The summed E-state index contributed by atoms with van der Waals surface area (Å²) in [6.45, 7) is 6.86. The summed E-state index contributed by atoms with van der Waals surface area (Å²) in [5, 5.41) is 0. The predicted molar refractivity (Wildman–Crippen MR) is 70.1 cm³/mol. The maximum atomic E-state index is 6.30. The smallest absolute Gasteiger partial charge is 0.0594 e. The van der Waals surface area contributed by atoms with E-state index in [1.165, 1.54) is 5.56 Å². The highest BCUT2D eigenvalue weighted by atomic mass is 16.5. The summed E-state index contributed by atoms with van der Waals surface area (Å²) in [5.41, 5.74) is 7.62. The summed E-state index contributed by atoms with van der Waals surface area (Å²) in [7, 11) is 0. The molecule has 0 aromatic heterocycles. The second kappa shape index (κ2) is 6.15. The van der Waals surface area contributed by atoms with Crippen molar-refractivity contribution in [3.05, 3.63) is 35.9 Å². The van der Waals surface area contributed by atoms with Crippen molar-refractivity contribution in [2.45, 2.75) is 18.9 Å². The minimum absolute atomic E-state index is 0.190. The monoisotopic (exact) mass is 234 g/mol. The normalized spacial score (nSPS) is 21.1. The first kappa shape index (κ1) is 12.6. The van der Waals surface area contributed by atoms with Crippen LogP contribution in [0.1, 0.15) is 18.4 Å². The highest BCUT2D eigenvalue weighted by molar-refractivity contribution is 5.20. The van der Waals surface area contributed by atoms with Gasteiger partial charge in [0.15, 0.2) is 0 Å². The van der Waals surface area contributed by atoms with Gasteiger partial charge in [-0.1, -0.05) is 37.3 Å². The minimum Gasteiger partial charge on any atom is -0.379 e. The molecule has 0 saturated carbocycles. The van der Waals surface area contributed by atoms with Gasteiger partial charge >= 0.3 is 0 Å². The summed E-state index contributed by atoms with van der Waals surface area (Å²) < 4.78 is 5.34. The van der Waals surface area contributed by atoms with E-state index in [0.29, 0.717) is 5.92 Å². The van der Waals surface area contributed by atoms with Crippen LogP contribution in [-0.2, 0) is 4.74 Å². The largest absolute Gasteiger partial charge is 0.379 e. The number of ether oxygens (including phenoxy) is 1. The van der Waals surface area contributed by atoms with Crippen LogP contribution in [0.2, 0.25) is 0 Å². The molecule has 1 aromatic carbocycles. The van der Waals surface area contributed by atoms with Crippen LogP contribution in [-0.4, -0.2) is 43.8 Å². The molecule has 3 heteroatoms. The van der Waals surface area contributed by atoms with Crippen molar-refractivity contribution < 1.29 is 4.74 Å². The van der Waals surface area contributed by atoms with Crippen molar-refractivity contribution in [1.29, 1.82) is 0 Å². The average Bonchev–Trinajstić information content (AvgIpc) is 2.40. The number of benzene rings is 1. The van der Waals surface area contributed by atoms with Gasteiger partial charge in [-0.3, -0.25) is 4.90 Å². The maximum absolute atomic E-state index is 6.30. The van der Waals surface area contributed by atoms with E-state index in [0.717, 1.165) is 32.8 Å². The molecule has 1 aliphatic heterocycles. The van der Waals surface area contributed by atoms with E-state index in [-0.39, 0.29) is 6.04 Å². The topological polar surface area (TPSA) is 38.5 Å². The number of nitrogens with zero attached hydrogens (tertiary/aromatic N) is 1. The SMILES string of the molecule is C[C@@H](c1ccccc1)[C@@H](N)CN1CCOCC1. The molecule has 0 unspecified atom stereocenters. The lowest BCUT2D eigenvalue weighted by molar-refractivity contribution is 0.0344. The fourth-order valence-corrected chi connectivity index (χ4v) is 2.24. The van der Waals surface area contributed by atoms with E-state index in [1.807, 2.05) is 6.07 Å². The van der Waals surface area contributed by atoms with Gasteiger partial charge in [0.05, 0.1) is 13.2 Å². The number of hydrogen-bond donors (Lipinski definition) is 1. The highest BCUT2D eigenvalue weighted by Gasteiger charge is 2.19. The third kappa shape index (κ3) is 3.53.